The monoisotopic (exact) mass is 240 g/mol. The third-order valence-electron chi connectivity index (χ3n) is 4.26. The van der Waals surface area contributed by atoms with Crippen LogP contribution in [0.3, 0.4) is 0 Å². The molecule has 0 aliphatic carbocycles. The molecule has 2 aliphatic rings. The molecule has 0 spiro atoms. The minimum atomic E-state index is 0.0601. The van der Waals surface area contributed by atoms with E-state index in [0.29, 0.717) is 12.1 Å². The van der Waals surface area contributed by atoms with E-state index in [0.717, 1.165) is 18.9 Å². The number of nitrogens with one attached hydrogen (secondary N) is 1. The highest BCUT2D eigenvalue weighted by molar-refractivity contribution is 4.89. The molecule has 17 heavy (non-hydrogen) atoms. The summed E-state index contributed by atoms with van der Waals surface area (Å²) >= 11 is 0. The van der Waals surface area contributed by atoms with Gasteiger partial charge in [-0.25, -0.2) is 0 Å². The van der Waals surface area contributed by atoms with Crippen LogP contribution in [0, 0.1) is 5.92 Å². The molecule has 3 unspecified atom stereocenters. The SMILES string of the molecule is CC1CN(C)CCC1NC1CCOC(C)(C)C1. The van der Waals surface area contributed by atoms with E-state index in [-0.39, 0.29) is 5.60 Å². The summed E-state index contributed by atoms with van der Waals surface area (Å²) in [5.74, 6) is 0.764. The lowest BCUT2D eigenvalue weighted by molar-refractivity contribution is -0.0658. The summed E-state index contributed by atoms with van der Waals surface area (Å²) in [6, 6.07) is 1.35. The number of hydrogen-bond donors (Lipinski definition) is 1. The molecule has 0 aromatic heterocycles. The Morgan fingerprint density at radius 1 is 1.29 bits per heavy atom. The van der Waals surface area contributed by atoms with Crippen molar-refractivity contribution in [1.82, 2.24) is 10.2 Å². The second-order valence-electron chi connectivity index (χ2n) is 6.60. The van der Waals surface area contributed by atoms with Crippen molar-refractivity contribution in [3.8, 4) is 0 Å². The molecule has 3 heteroatoms. The standard InChI is InChI=1S/C14H28N2O/c1-11-10-16(4)7-5-13(11)15-12-6-8-17-14(2,3)9-12/h11-13,15H,5-10H2,1-4H3. The molecule has 0 saturated carbocycles. The summed E-state index contributed by atoms with van der Waals surface area (Å²) < 4.78 is 5.78. The van der Waals surface area contributed by atoms with Gasteiger partial charge >= 0.3 is 0 Å². The maximum Gasteiger partial charge on any atom is 0.0641 e. The van der Waals surface area contributed by atoms with Gasteiger partial charge in [0.25, 0.3) is 0 Å². The molecule has 0 bridgehead atoms. The highest BCUT2D eigenvalue weighted by atomic mass is 16.5. The minimum absolute atomic E-state index is 0.0601. The number of likely N-dealkylation sites (tertiary alicyclic amines) is 1. The van der Waals surface area contributed by atoms with Crippen molar-refractivity contribution in [3.05, 3.63) is 0 Å². The van der Waals surface area contributed by atoms with Crippen LogP contribution in [-0.2, 0) is 4.74 Å². The van der Waals surface area contributed by atoms with Crippen molar-refractivity contribution in [2.45, 2.75) is 57.7 Å². The highest BCUT2D eigenvalue weighted by Crippen LogP contribution is 2.26. The van der Waals surface area contributed by atoms with E-state index < -0.39 is 0 Å². The van der Waals surface area contributed by atoms with Crippen molar-refractivity contribution < 1.29 is 4.74 Å². The topological polar surface area (TPSA) is 24.5 Å². The summed E-state index contributed by atoms with van der Waals surface area (Å²) in [5, 5.41) is 3.88. The smallest absolute Gasteiger partial charge is 0.0641 e. The Balaban J connectivity index is 1.84. The van der Waals surface area contributed by atoms with E-state index in [9.17, 15) is 0 Å². The predicted molar refractivity (Wildman–Crippen MR) is 71.3 cm³/mol. The van der Waals surface area contributed by atoms with E-state index in [2.05, 4.69) is 38.0 Å². The van der Waals surface area contributed by atoms with Crippen LogP contribution >= 0.6 is 0 Å². The van der Waals surface area contributed by atoms with Crippen LogP contribution in [0.1, 0.15) is 40.0 Å². The summed E-state index contributed by atoms with van der Waals surface area (Å²) in [7, 11) is 2.23. The zero-order chi connectivity index (χ0) is 12.5. The fraction of sp³-hybridized carbons (Fsp3) is 1.00. The molecular formula is C14H28N2O. The first-order chi connectivity index (χ1) is 7.96. The van der Waals surface area contributed by atoms with E-state index >= 15 is 0 Å². The molecule has 100 valence electrons. The molecule has 1 N–H and O–H groups in total. The van der Waals surface area contributed by atoms with Crippen molar-refractivity contribution in [2.24, 2.45) is 5.92 Å². The Bertz CT molecular complexity index is 255. The first-order valence-electron chi connectivity index (χ1n) is 7.05. The fourth-order valence-corrected chi connectivity index (χ4v) is 3.28. The number of hydrogen-bond acceptors (Lipinski definition) is 3. The van der Waals surface area contributed by atoms with Gasteiger partial charge in [0.15, 0.2) is 0 Å². The normalized spacial score (nSPS) is 39.2. The average molecular weight is 240 g/mol. The number of piperidine rings is 1. The van der Waals surface area contributed by atoms with Crippen molar-refractivity contribution in [1.29, 1.82) is 0 Å². The van der Waals surface area contributed by atoms with Gasteiger partial charge in [0, 0.05) is 25.2 Å². The molecule has 2 aliphatic heterocycles. The van der Waals surface area contributed by atoms with E-state index in [1.807, 2.05) is 0 Å². The highest BCUT2D eigenvalue weighted by Gasteiger charge is 2.32. The van der Waals surface area contributed by atoms with Gasteiger partial charge in [-0.15, -0.1) is 0 Å². The zero-order valence-corrected chi connectivity index (χ0v) is 11.8. The van der Waals surface area contributed by atoms with Gasteiger partial charge in [-0.05, 0) is 52.6 Å². The average Bonchev–Trinajstić information content (AvgIpc) is 2.21. The van der Waals surface area contributed by atoms with Gasteiger partial charge in [0.05, 0.1) is 5.60 Å². The maximum atomic E-state index is 5.78. The Labute approximate surface area is 106 Å². The van der Waals surface area contributed by atoms with Gasteiger partial charge in [0.2, 0.25) is 0 Å². The molecule has 0 aromatic carbocycles. The molecule has 3 nitrogen and oxygen atoms in total. The predicted octanol–water partition coefficient (Wildman–Crippen LogP) is 1.87. The lowest BCUT2D eigenvalue weighted by Crippen LogP contribution is -2.53. The summed E-state index contributed by atoms with van der Waals surface area (Å²) in [6.45, 7) is 10.2. The van der Waals surface area contributed by atoms with Crippen LogP contribution in [0.15, 0.2) is 0 Å². The lowest BCUT2D eigenvalue weighted by Gasteiger charge is -2.41. The van der Waals surface area contributed by atoms with Crippen LogP contribution in [0.2, 0.25) is 0 Å². The lowest BCUT2D eigenvalue weighted by atomic mass is 9.89. The second-order valence-corrected chi connectivity index (χ2v) is 6.60. The first-order valence-corrected chi connectivity index (χ1v) is 7.05. The molecule has 2 fully saturated rings. The summed E-state index contributed by atoms with van der Waals surface area (Å²) in [4.78, 5) is 2.44. The van der Waals surface area contributed by atoms with Crippen molar-refractivity contribution in [2.75, 3.05) is 26.7 Å². The molecule has 2 heterocycles. The third-order valence-corrected chi connectivity index (χ3v) is 4.26. The summed E-state index contributed by atoms with van der Waals surface area (Å²) in [5.41, 5.74) is 0.0601. The van der Waals surface area contributed by atoms with Gasteiger partial charge in [0.1, 0.15) is 0 Å². The van der Waals surface area contributed by atoms with E-state index in [1.165, 1.54) is 25.9 Å². The molecule has 0 aromatic rings. The minimum Gasteiger partial charge on any atom is -0.375 e. The van der Waals surface area contributed by atoms with E-state index in [1.54, 1.807) is 0 Å². The largest absolute Gasteiger partial charge is 0.375 e. The Morgan fingerprint density at radius 3 is 2.71 bits per heavy atom. The molecular weight excluding hydrogens is 212 g/mol. The van der Waals surface area contributed by atoms with Crippen LogP contribution in [0.4, 0.5) is 0 Å². The van der Waals surface area contributed by atoms with Gasteiger partial charge in [-0.3, -0.25) is 0 Å². The zero-order valence-electron chi connectivity index (χ0n) is 11.8. The molecule has 2 rings (SSSR count). The Kier molecular flexibility index (Phi) is 4.11. The van der Waals surface area contributed by atoms with Crippen LogP contribution < -0.4 is 5.32 Å². The number of rotatable bonds is 2. The fourth-order valence-electron chi connectivity index (χ4n) is 3.28. The Hall–Kier alpha value is -0.120. The van der Waals surface area contributed by atoms with Gasteiger partial charge in [-0.1, -0.05) is 6.92 Å². The molecule has 2 saturated heterocycles. The van der Waals surface area contributed by atoms with E-state index in [4.69, 9.17) is 4.74 Å². The molecule has 3 atom stereocenters. The first kappa shape index (κ1) is 13.3. The van der Waals surface area contributed by atoms with Crippen LogP contribution in [-0.4, -0.2) is 49.3 Å². The second kappa shape index (κ2) is 5.25. The maximum absolute atomic E-state index is 5.78. The number of nitrogens with zero attached hydrogens (tertiary/aromatic N) is 1. The molecule has 0 amide bonds. The van der Waals surface area contributed by atoms with Crippen LogP contribution in [0.5, 0.6) is 0 Å². The van der Waals surface area contributed by atoms with Crippen molar-refractivity contribution in [3.63, 3.8) is 0 Å². The van der Waals surface area contributed by atoms with Gasteiger partial charge < -0.3 is 15.0 Å². The van der Waals surface area contributed by atoms with Gasteiger partial charge in [-0.2, -0.15) is 0 Å². The quantitative estimate of drug-likeness (QED) is 0.797. The number of ether oxygens (including phenoxy) is 1. The molecule has 0 radical (unpaired) electrons. The third kappa shape index (κ3) is 3.67. The summed E-state index contributed by atoms with van der Waals surface area (Å²) in [6.07, 6.45) is 3.60. The van der Waals surface area contributed by atoms with Crippen LogP contribution in [0.25, 0.3) is 0 Å². The Morgan fingerprint density at radius 2 is 2.06 bits per heavy atom. The van der Waals surface area contributed by atoms with Crippen molar-refractivity contribution >= 4 is 0 Å².